The molecule has 1 atom stereocenters. The number of aromatic nitrogens is 2. The van der Waals surface area contributed by atoms with Gasteiger partial charge in [0.2, 0.25) is 11.9 Å². The van der Waals surface area contributed by atoms with E-state index < -0.39 is 0 Å². The van der Waals surface area contributed by atoms with Gasteiger partial charge in [-0.1, -0.05) is 0 Å². The smallest absolute Gasteiger partial charge is 0.255 e. The second kappa shape index (κ2) is 6.70. The number of likely N-dealkylation sites (tertiary alicyclic amines) is 1. The monoisotopic (exact) mass is 319 g/mol. The van der Waals surface area contributed by atoms with Crippen LogP contribution in [0.4, 0.5) is 5.95 Å². The zero-order chi connectivity index (χ0) is 16.4. The lowest BCUT2D eigenvalue weighted by atomic mass is 10.1. The first-order valence-corrected chi connectivity index (χ1v) is 8.40. The molecule has 7 nitrogen and oxygen atoms in total. The molecule has 3 heterocycles. The second-order valence-electron chi connectivity index (χ2n) is 6.45. The van der Waals surface area contributed by atoms with Crippen molar-refractivity contribution in [3.8, 4) is 0 Å². The van der Waals surface area contributed by atoms with Crippen molar-refractivity contribution in [1.82, 2.24) is 20.2 Å². The molecule has 3 rings (SSSR count). The van der Waals surface area contributed by atoms with Gasteiger partial charge in [0.15, 0.2) is 0 Å². The number of H-pyrrole nitrogens is 1. The van der Waals surface area contributed by atoms with E-state index in [2.05, 4.69) is 15.3 Å². The highest BCUT2D eigenvalue weighted by Gasteiger charge is 2.29. The first kappa shape index (κ1) is 16.0. The molecule has 0 unspecified atom stereocenters. The number of hydrogen-bond donors (Lipinski definition) is 2. The van der Waals surface area contributed by atoms with E-state index in [0.29, 0.717) is 18.3 Å². The minimum Gasteiger partial charge on any atom is -0.345 e. The maximum atomic E-state index is 12.3. The fourth-order valence-corrected chi connectivity index (χ4v) is 3.48. The molecule has 23 heavy (non-hydrogen) atoms. The van der Waals surface area contributed by atoms with Crippen LogP contribution in [0.3, 0.4) is 0 Å². The van der Waals surface area contributed by atoms with Crippen LogP contribution in [0.25, 0.3) is 0 Å². The molecule has 2 aliphatic rings. The van der Waals surface area contributed by atoms with Crippen LogP contribution in [0, 0.1) is 5.92 Å². The quantitative estimate of drug-likeness (QED) is 0.801. The van der Waals surface area contributed by atoms with Crippen LogP contribution in [-0.2, 0) is 17.6 Å². The minimum atomic E-state index is -0.0294. The molecule has 0 aliphatic carbocycles. The molecule has 1 aromatic rings. The van der Waals surface area contributed by atoms with Crippen molar-refractivity contribution in [2.45, 2.75) is 26.2 Å². The number of carbonyl (C=O) groups excluding carboxylic acids is 1. The molecular weight excluding hydrogens is 294 g/mol. The normalized spacial score (nSPS) is 21.2. The average molecular weight is 319 g/mol. The van der Waals surface area contributed by atoms with Crippen LogP contribution in [0.2, 0.25) is 0 Å². The Morgan fingerprint density at radius 3 is 2.83 bits per heavy atom. The molecular formula is C16H25N5O2. The standard InChI is InChI=1S/C16H25N5O2/c1-3-21-10-11(8-14(21)22)9-20(2)16-18-13-5-7-17-6-4-12(13)15(23)19-16/h11,17H,3-10H2,1-2H3,(H,18,19,23)/t11-/m0/s1. The van der Waals surface area contributed by atoms with E-state index in [1.54, 1.807) is 0 Å². The Morgan fingerprint density at radius 2 is 2.09 bits per heavy atom. The third-order valence-electron chi connectivity index (χ3n) is 4.75. The molecule has 7 heteroatoms. The number of hydrogen-bond acceptors (Lipinski definition) is 5. The number of amides is 1. The fraction of sp³-hybridized carbons (Fsp3) is 0.688. The first-order chi connectivity index (χ1) is 11.1. The minimum absolute atomic E-state index is 0.0294. The van der Waals surface area contributed by atoms with Gasteiger partial charge in [-0.3, -0.25) is 14.6 Å². The molecule has 1 saturated heterocycles. The highest BCUT2D eigenvalue weighted by Crippen LogP contribution is 2.20. The second-order valence-corrected chi connectivity index (χ2v) is 6.45. The van der Waals surface area contributed by atoms with Gasteiger partial charge in [0.05, 0.1) is 5.69 Å². The topological polar surface area (TPSA) is 81.3 Å². The molecule has 1 fully saturated rings. The van der Waals surface area contributed by atoms with E-state index in [4.69, 9.17) is 0 Å². The summed E-state index contributed by atoms with van der Waals surface area (Å²) in [7, 11) is 1.93. The molecule has 0 bridgehead atoms. The average Bonchev–Trinajstić information content (AvgIpc) is 2.73. The van der Waals surface area contributed by atoms with Gasteiger partial charge >= 0.3 is 0 Å². The van der Waals surface area contributed by atoms with Gasteiger partial charge < -0.3 is 15.1 Å². The Morgan fingerprint density at radius 1 is 1.30 bits per heavy atom. The van der Waals surface area contributed by atoms with Crippen molar-refractivity contribution in [2.24, 2.45) is 5.92 Å². The van der Waals surface area contributed by atoms with Crippen molar-refractivity contribution in [3.05, 3.63) is 21.6 Å². The maximum Gasteiger partial charge on any atom is 0.255 e. The summed E-state index contributed by atoms with van der Waals surface area (Å²) in [4.78, 5) is 35.6. The lowest BCUT2D eigenvalue weighted by molar-refractivity contribution is -0.127. The van der Waals surface area contributed by atoms with E-state index in [1.165, 1.54) is 0 Å². The van der Waals surface area contributed by atoms with Gasteiger partial charge in [0.25, 0.3) is 5.56 Å². The summed E-state index contributed by atoms with van der Waals surface area (Å²) < 4.78 is 0. The SMILES string of the molecule is CCN1C[C@H](CN(C)c2nc3c(c(=O)[nH]2)CCNCC3)CC1=O. The van der Waals surface area contributed by atoms with Gasteiger partial charge in [0.1, 0.15) is 0 Å². The first-order valence-electron chi connectivity index (χ1n) is 8.40. The summed E-state index contributed by atoms with van der Waals surface area (Å²) in [5.41, 5.74) is 1.68. The molecule has 0 spiro atoms. The molecule has 126 valence electrons. The fourth-order valence-electron chi connectivity index (χ4n) is 3.48. The van der Waals surface area contributed by atoms with Crippen LogP contribution < -0.4 is 15.8 Å². The summed E-state index contributed by atoms with van der Waals surface area (Å²) in [5.74, 6) is 1.12. The highest BCUT2D eigenvalue weighted by molar-refractivity contribution is 5.78. The summed E-state index contributed by atoms with van der Waals surface area (Å²) in [5, 5.41) is 3.30. The van der Waals surface area contributed by atoms with Crippen molar-refractivity contribution in [2.75, 3.05) is 44.7 Å². The predicted octanol–water partition coefficient (Wildman–Crippen LogP) is -0.237. The number of nitrogens with zero attached hydrogens (tertiary/aromatic N) is 3. The molecule has 0 aromatic carbocycles. The summed E-state index contributed by atoms with van der Waals surface area (Å²) in [6, 6.07) is 0. The molecule has 1 aromatic heterocycles. The van der Waals surface area contributed by atoms with E-state index in [-0.39, 0.29) is 11.5 Å². The van der Waals surface area contributed by atoms with Crippen LogP contribution in [0.5, 0.6) is 0 Å². The third-order valence-corrected chi connectivity index (χ3v) is 4.75. The molecule has 0 radical (unpaired) electrons. The highest BCUT2D eigenvalue weighted by atomic mass is 16.2. The van der Waals surface area contributed by atoms with Gasteiger partial charge in [-0.05, 0) is 19.9 Å². The Kier molecular flexibility index (Phi) is 4.66. The number of anilines is 1. The van der Waals surface area contributed by atoms with Gasteiger partial charge in [-0.15, -0.1) is 0 Å². The van der Waals surface area contributed by atoms with Crippen LogP contribution in [0.15, 0.2) is 4.79 Å². The van der Waals surface area contributed by atoms with E-state index in [9.17, 15) is 9.59 Å². The predicted molar refractivity (Wildman–Crippen MR) is 88.8 cm³/mol. The molecule has 1 amide bonds. The van der Waals surface area contributed by atoms with E-state index >= 15 is 0 Å². The summed E-state index contributed by atoms with van der Waals surface area (Å²) >= 11 is 0. The zero-order valence-electron chi connectivity index (χ0n) is 13.9. The summed E-state index contributed by atoms with van der Waals surface area (Å²) in [6.45, 7) is 5.96. The molecule has 0 saturated carbocycles. The Hall–Kier alpha value is -1.89. The lowest BCUT2D eigenvalue weighted by Crippen LogP contribution is -2.32. The van der Waals surface area contributed by atoms with Gasteiger partial charge in [-0.2, -0.15) is 0 Å². The number of nitrogens with one attached hydrogen (secondary N) is 2. The molecule has 2 N–H and O–H groups in total. The Labute approximate surface area is 136 Å². The Balaban J connectivity index is 1.74. The number of rotatable bonds is 4. The number of aromatic amines is 1. The van der Waals surface area contributed by atoms with E-state index in [0.717, 1.165) is 56.8 Å². The third kappa shape index (κ3) is 3.39. The van der Waals surface area contributed by atoms with Crippen molar-refractivity contribution in [3.63, 3.8) is 0 Å². The van der Waals surface area contributed by atoms with Crippen molar-refractivity contribution < 1.29 is 4.79 Å². The number of fused-ring (bicyclic) bond motifs is 1. The zero-order valence-corrected chi connectivity index (χ0v) is 13.9. The summed E-state index contributed by atoms with van der Waals surface area (Å²) in [6.07, 6.45) is 2.09. The molecule has 2 aliphatic heterocycles. The van der Waals surface area contributed by atoms with Crippen molar-refractivity contribution in [1.29, 1.82) is 0 Å². The maximum absolute atomic E-state index is 12.3. The van der Waals surface area contributed by atoms with Crippen LogP contribution in [-0.4, -0.2) is 60.5 Å². The van der Waals surface area contributed by atoms with Crippen LogP contribution in [0.1, 0.15) is 24.6 Å². The van der Waals surface area contributed by atoms with Gasteiger partial charge in [0, 0.05) is 57.5 Å². The largest absolute Gasteiger partial charge is 0.345 e. The lowest BCUT2D eigenvalue weighted by Gasteiger charge is -2.22. The van der Waals surface area contributed by atoms with Crippen molar-refractivity contribution >= 4 is 11.9 Å². The van der Waals surface area contributed by atoms with Crippen LogP contribution >= 0.6 is 0 Å². The number of carbonyl (C=O) groups is 1. The van der Waals surface area contributed by atoms with Gasteiger partial charge in [-0.25, -0.2) is 4.98 Å². The Bertz CT molecular complexity index is 642. The van der Waals surface area contributed by atoms with E-state index in [1.807, 2.05) is 23.8 Å².